The van der Waals surface area contributed by atoms with Crippen molar-refractivity contribution in [2.45, 2.75) is 24.3 Å². The van der Waals surface area contributed by atoms with E-state index in [1.807, 2.05) is 31.2 Å². The van der Waals surface area contributed by atoms with Gasteiger partial charge in [-0.05, 0) is 55.3 Å². The average Bonchev–Trinajstić information content (AvgIpc) is 3.10. The molecule has 4 rings (SSSR count). The molecule has 0 radical (unpaired) electrons. The maximum absolute atomic E-state index is 13.4. The molecule has 1 N–H and O–H groups in total. The van der Waals surface area contributed by atoms with E-state index < -0.39 is 15.9 Å². The summed E-state index contributed by atoms with van der Waals surface area (Å²) < 4.78 is 33.4. The van der Waals surface area contributed by atoms with Gasteiger partial charge < -0.3 is 10.1 Å². The van der Waals surface area contributed by atoms with E-state index in [4.69, 9.17) is 4.74 Å². The average molecular weight is 423 g/mol. The summed E-state index contributed by atoms with van der Waals surface area (Å²) in [6.45, 7) is 1.89. The van der Waals surface area contributed by atoms with Gasteiger partial charge in [0.05, 0.1) is 17.7 Å². The van der Waals surface area contributed by atoms with Gasteiger partial charge in [0.25, 0.3) is 15.9 Å². The van der Waals surface area contributed by atoms with Gasteiger partial charge in [0.2, 0.25) is 0 Å². The second-order valence-electron chi connectivity index (χ2n) is 7.20. The van der Waals surface area contributed by atoms with Crippen molar-refractivity contribution in [1.29, 1.82) is 0 Å². The van der Waals surface area contributed by atoms with E-state index in [0.717, 1.165) is 5.56 Å². The number of ether oxygens (including phenoxy) is 1. The molecular formula is C23H22N2O4S. The highest BCUT2D eigenvalue weighted by Crippen LogP contribution is 2.36. The molecule has 6 nitrogen and oxygen atoms in total. The van der Waals surface area contributed by atoms with Crippen LogP contribution in [0.4, 0.5) is 11.4 Å². The number of fused-ring (bicyclic) bond motifs is 1. The number of benzene rings is 3. The molecule has 1 atom stereocenters. The molecule has 1 unspecified atom stereocenters. The fourth-order valence-electron chi connectivity index (χ4n) is 3.72. The highest BCUT2D eigenvalue weighted by atomic mass is 32.2. The van der Waals surface area contributed by atoms with Crippen molar-refractivity contribution in [3.8, 4) is 5.75 Å². The largest absolute Gasteiger partial charge is 0.497 e. The number of hydrogen-bond donors (Lipinski definition) is 1. The lowest BCUT2D eigenvalue weighted by atomic mass is 10.1. The lowest BCUT2D eigenvalue weighted by Gasteiger charge is -2.24. The number of rotatable bonds is 5. The first kappa shape index (κ1) is 20.0. The van der Waals surface area contributed by atoms with E-state index in [0.29, 0.717) is 23.5 Å². The van der Waals surface area contributed by atoms with Crippen LogP contribution in [0.1, 0.15) is 22.8 Å². The summed E-state index contributed by atoms with van der Waals surface area (Å²) in [5.74, 6) is 0.223. The van der Waals surface area contributed by atoms with E-state index in [9.17, 15) is 13.2 Å². The number of anilines is 2. The number of carbonyl (C=O) groups is 1. The highest BCUT2D eigenvalue weighted by Gasteiger charge is 2.36. The molecule has 0 spiro atoms. The number of methoxy groups -OCH3 is 1. The summed E-state index contributed by atoms with van der Waals surface area (Å²) in [5.41, 5.74) is 2.52. The number of sulfonamides is 1. The van der Waals surface area contributed by atoms with Crippen molar-refractivity contribution in [3.63, 3.8) is 0 Å². The Labute approximate surface area is 176 Å². The van der Waals surface area contributed by atoms with Crippen LogP contribution in [0, 0.1) is 0 Å². The zero-order chi connectivity index (χ0) is 21.3. The Balaban J connectivity index is 1.63. The van der Waals surface area contributed by atoms with E-state index in [1.165, 1.54) is 16.4 Å². The fourth-order valence-corrected chi connectivity index (χ4v) is 5.46. The number of nitrogens with one attached hydrogen (secondary N) is 1. The molecule has 1 aliphatic heterocycles. The standard InChI is InChI=1S/C23H22N2O4S/c1-16-13-17-7-3-4-12-22(17)25(16)30(27,28)21-11-5-8-18(14-21)23(26)24-19-9-6-10-20(15-19)29-2/h3-12,14-16H,13H2,1-2H3,(H,24,26). The van der Waals surface area contributed by atoms with Gasteiger partial charge in [-0.2, -0.15) is 0 Å². The van der Waals surface area contributed by atoms with Crippen LogP contribution in [0.15, 0.2) is 77.7 Å². The van der Waals surface area contributed by atoms with Crippen LogP contribution < -0.4 is 14.4 Å². The number of nitrogens with zero attached hydrogens (tertiary/aromatic N) is 1. The highest BCUT2D eigenvalue weighted by molar-refractivity contribution is 7.92. The van der Waals surface area contributed by atoms with Crippen molar-refractivity contribution < 1.29 is 17.9 Å². The van der Waals surface area contributed by atoms with E-state index in [1.54, 1.807) is 43.5 Å². The molecule has 0 fully saturated rings. The van der Waals surface area contributed by atoms with Crippen LogP contribution in [-0.2, 0) is 16.4 Å². The van der Waals surface area contributed by atoms with Gasteiger partial charge in [0, 0.05) is 23.4 Å². The molecule has 1 heterocycles. The Hall–Kier alpha value is -3.32. The van der Waals surface area contributed by atoms with Gasteiger partial charge in [-0.25, -0.2) is 8.42 Å². The minimum Gasteiger partial charge on any atom is -0.497 e. The summed E-state index contributed by atoms with van der Waals surface area (Å²) in [5, 5.41) is 2.78. The van der Waals surface area contributed by atoms with Crippen LogP contribution in [-0.4, -0.2) is 27.5 Å². The summed E-state index contributed by atoms with van der Waals surface area (Å²) in [6, 6.07) is 20.4. The molecule has 30 heavy (non-hydrogen) atoms. The second kappa shape index (κ2) is 7.84. The van der Waals surface area contributed by atoms with Crippen molar-refractivity contribution in [2.75, 3.05) is 16.7 Å². The summed E-state index contributed by atoms with van der Waals surface area (Å²) in [4.78, 5) is 12.8. The van der Waals surface area contributed by atoms with Gasteiger partial charge in [0.15, 0.2) is 0 Å². The van der Waals surface area contributed by atoms with Gasteiger partial charge in [0.1, 0.15) is 5.75 Å². The molecule has 0 aromatic heterocycles. The Morgan fingerprint density at radius 2 is 1.80 bits per heavy atom. The Bertz CT molecular complexity index is 1210. The molecule has 0 saturated heterocycles. The van der Waals surface area contributed by atoms with E-state index in [-0.39, 0.29) is 16.5 Å². The minimum absolute atomic E-state index is 0.0874. The van der Waals surface area contributed by atoms with Crippen molar-refractivity contribution in [2.24, 2.45) is 0 Å². The summed E-state index contributed by atoms with van der Waals surface area (Å²) in [7, 11) is -2.26. The smallest absolute Gasteiger partial charge is 0.264 e. The Morgan fingerprint density at radius 1 is 1.03 bits per heavy atom. The van der Waals surface area contributed by atoms with Crippen LogP contribution in [0.5, 0.6) is 5.75 Å². The third kappa shape index (κ3) is 3.64. The third-order valence-corrected chi connectivity index (χ3v) is 7.05. The zero-order valence-electron chi connectivity index (χ0n) is 16.7. The van der Waals surface area contributed by atoms with Crippen LogP contribution in [0.25, 0.3) is 0 Å². The first-order valence-corrected chi connectivity index (χ1v) is 11.0. The van der Waals surface area contributed by atoms with E-state index >= 15 is 0 Å². The number of carbonyl (C=O) groups excluding carboxylic acids is 1. The summed E-state index contributed by atoms with van der Waals surface area (Å²) in [6.07, 6.45) is 0.658. The fraction of sp³-hybridized carbons (Fsp3) is 0.174. The zero-order valence-corrected chi connectivity index (χ0v) is 17.5. The normalized spacial score (nSPS) is 15.5. The van der Waals surface area contributed by atoms with Gasteiger partial charge >= 0.3 is 0 Å². The SMILES string of the molecule is COc1cccc(NC(=O)c2cccc(S(=O)(=O)N3c4ccccc4CC3C)c2)c1. The lowest BCUT2D eigenvalue weighted by molar-refractivity contribution is 0.102. The van der Waals surface area contributed by atoms with Crippen LogP contribution >= 0.6 is 0 Å². The third-order valence-electron chi connectivity index (χ3n) is 5.13. The predicted molar refractivity (Wildman–Crippen MR) is 117 cm³/mol. The monoisotopic (exact) mass is 422 g/mol. The quantitative estimate of drug-likeness (QED) is 0.672. The van der Waals surface area contributed by atoms with E-state index in [2.05, 4.69) is 5.32 Å². The Kier molecular flexibility index (Phi) is 5.22. The molecule has 0 saturated carbocycles. The number of para-hydroxylation sites is 1. The molecule has 154 valence electrons. The minimum atomic E-state index is -3.81. The molecule has 1 amide bonds. The first-order chi connectivity index (χ1) is 14.4. The van der Waals surface area contributed by atoms with Crippen molar-refractivity contribution >= 4 is 27.3 Å². The molecule has 3 aromatic rings. The molecular weight excluding hydrogens is 400 g/mol. The first-order valence-electron chi connectivity index (χ1n) is 9.58. The van der Waals surface area contributed by atoms with Crippen molar-refractivity contribution in [1.82, 2.24) is 0 Å². The molecule has 3 aromatic carbocycles. The maximum atomic E-state index is 13.4. The van der Waals surface area contributed by atoms with Crippen LogP contribution in [0.2, 0.25) is 0 Å². The molecule has 1 aliphatic rings. The predicted octanol–water partition coefficient (Wildman–Crippen LogP) is 4.09. The molecule has 0 aliphatic carbocycles. The molecule has 0 bridgehead atoms. The molecule has 7 heteroatoms. The maximum Gasteiger partial charge on any atom is 0.264 e. The lowest BCUT2D eigenvalue weighted by Crippen LogP contribution is -2.35. The van der Waals surface area contributed by atoms with Crippen molar-refractivity contribution in [3.05, 3.63) is 83.9 Å². The second-order valence-corrected chi connectivity index (χ2v) is 9.01. The van der Waals surface area contributed by atoms with Gasteiger partial charge in [-0.1, -0.05) is 30.3 Å². The number of hydrogen-bond acceptors (Lipinski definition) is 4. The Morgan fingerprint density at radius 3 is 2.60 bits per heavy atom. The summed E-state index contributed by atoms with van der Waals surface area (Å²) >= 11 is 0. The van der Waals surface area contributed by atoms with Gasteiger partial charge in [-0.3, -0.25) is 9.10 Å². The van der Waals surface area contributed by atoms with Crippen LogP contribution in [0.3, 0.4) is 0 Å². The number of amides is 1. The van der Waals surface area contributed by atoms with Gasteiger partial charge in [-0.15, -0.1) is 0 Å². The topological polar surface area (TPSA) is 75.7 Å².